The third kappa shape index (κ3) is 3.47. The summed E-state index contributed by atoms with van der Waals surface area (Å²) in [5, 5.41) is 7.04. The molecule has 2 rings (SSSR count). The quantitative estimate of drug-likeness (QED) is 0.847. The highest BCUT2D eigenvalue weighted by Gasteiger charge is 2.09. The molecule has 20 heavy (non-hydrogen) atoms. The Morgan fingerprint density at radius 2 is 2.20 bits per heavy atom. The van der Waals surface area contributed by atoms with Gasteiger partial charge in [-0.25, -0.2) is 9.48 Å². The third-order valence-electron chi connectivity index (χ3n) is 2.82. The van der Waals surface area contributed by atoms with Crippen LogP contribution in [0.5, 0.6) is 0 Å². The van der Waals surface area contributed by atoms with Gasteiger partial charge in [0.15, 0.2) is 0 Å². The predicted molar refractivity (Wildman–Crippen MR) is 78.6 cm³/mol. The summed E-state index contributed by atoms with van der Waals surface area (Å²) in [4.78, 5) is 13.3. The van der Waals surface area contributed by atoms with Crippen molar-refractivity contribution in [2.45, 2.75) is 6.54 Å². The molecular weight excluding hydrogens is 252 g/mol. The van der Waals surface area contributed by atoms with Crippen molar-refractivity contribution in [1.29, 1.82) is 0 Å². The number of hydrogen-bond donors (Lipinski definition) is 1. The van der Waals surface area contributed by atoms with E-state index in [0.29, 0.717) is 13.1 Å². The minimum atomic E-state index is -0.127. The molecule has 1 heterocycles. The highest BCUT2D eigenvalue weighted by atomic mass is 16.2. The summed E-state index contributed by atoms with van der Waals surface area (Å²) in [6.07, 6.45) is 5.34. The van der Waals surface area contributed by atoms with Crippen LogP contribution in [-0.4, -0.2) is 34.3 Å². The molecule has 5 heteroatoms. The molecular formula is C15H18N4O. The van der Waals surface area contributed by atoms with E-state index in [1.54, 1.807) is 28.9 Å². The molecule has 0 aliphatic carbocycles. The number of amides is 2. The van der Waals surface area contributed by atoms with Gasteiger partial charge in [0.05, 0.1) is 18.4 Å². The normalized spacial score (nSPS) is 10.1. The lowest BCUT2D eigenvalue weighted by Crippen LogP contribution is -2.36. The number of nitrogens with zero attached hydrogens (tertiary/aromatic N) is 3. The molecule has 0 spiro atoms. The van der Waals surface area contributed by atoms with Gasteiger partial charge >= 0.3 is 6.03 Å². The molecule has 1 aromatic heterocycles. The van der Waals surface area contributed by atoms with Crippen molar-refractivity contribution in [2.24, 2.45) is 0 Å². The lowest BCUT2D eigenvalue weighted by Gasteiger charge is -2.16. The summed E-state index contributed by atoms with van der Waals surface area (Å²) in [7, 11) is 1.75. The molecule has 0 atom stereocenters. The SMILES string of the molecule is C=CCNC(=O)N(C)Cc1cnn(-c2ccccc2)c1. The average Bonchev–Trinajstić information content (AvgIpc) is 2.94. The Balaban J connectivity index is 1.99. The fraction of sp³-hybridized carbons (Fsp3) is 0.200. The van der Waals surface area contributed by atoms with E-state index in [1.807, 2.05) is 36.5 Å². The Kier molecular flexibility index (Phi) is 4.55. The van der Waals surface area contributed by atoms with E-state index in [-0.39, 0.29) is 6.03 Å². The second-order valence-electron chi connectivity index (χ2n) is 4.46. The van der Waals surface area contributed by atoms with Crippen LogP contribution in [-0.2, 0) is 6.54 Å². The first kappa shape index (κ1) is 13.9. The first-order chi connectivity index (χ1) is 9.70. The van der Waals surface area contributed by atoms with Gasteiger partial charge < -0.3 is 10.2 Å². The van der Waals surface area contributed by atoms with Crippen molar-refractivity contribution in [2.75, 3.05) is 13.6 Å². The molecule has 0 radical (unpaired) electrons. The largest absolute Gasteiger partial charge is 0.335 e. The zero-order valence-corrected chi connectivity index (χ0v) is 11.5. The molecule has 104 valence electrons. The molecule has 2 aromatic rings. The van der Waals surface area contributed by atoms with E-state index >= 15 is 0 Å². The fourth-order valence-corrected chi connectivity index (χ4v) is 1.80. The van der Waals surface area contributed by atoms with Gasteiger partial charge in [-0.3, -0.25) is 0 Å². The number of aromatic nitrogens is 2. The molecule has 0 fully saturated rings. The number of hydrogen-bond acceptors (Lipinski definition) is 2. The maximum Gasteiger partial charge on any atom is 0.317 e. The van der Waals surface area contributed by atoms with Crippen LogP contribution in [0.25, 0.3) is 5.69 Å². The Morgan fingerprint density at radius 1 is 1.45 bits per heavy atom. The summed E-state index contributed by atoms with van der Waals surface area (Å²) in [6, 6.07) is 9.73. The molecule has 0 bridgehead atoms. The van der Waals surface area contributed by atoms with Crippen LogP contribution < -0.4 is 5.32 Å². The molecule has 2 amide bonds. The smallest absolute Gasteiger partial charge is 0.317 e. The number of urea groups is 1. The molecule has 0 aliphatic heterocycles. The van der Waals surface area contributed by atoms with Gasteiger partial charge in [-0.2, -0.15) is 5.10 Å². The zero-order chi connectivity index (χ0) is 14.4. The van der Waals surface area contributed by atoms with Gasteiger partial charge in [0.1, 0.15) is 0 Å². The van der Waals surface area contributed by atoms with Crippen LogP contribution >= 0.6 is 0 Å². The standard InChI is InChI=1S/C15H18N4O/c1-3-9-16-15(20)18(2)11-13-10-17-19(12-13)14-7-5-4-6-8-14/h3-8,10,12H,1,9,11H2,2H3,(H,16,20). The molecule has 1 aromatic carbocycles. The van der Waals surface area contributed by atoms with Crippen LogP contribution in [0.15, 0.2) is 55.4 Å². The lowest BCUT2D eigenvalue weighted by molar-refractivity contribution is 0.208. The summed E-state index contributed by atoms with van der Waals surface area (Å²) < 4.78 is 1.80. The van der Waals surface area contributed by atoms with Gasteiger partial charge in [0.2, 0.25) is 0 Å². The van der Waals surface area contributed by atoms with Crippen molar-refractivity contribution in [3.63, 3.8) is 0 Å². The minimum Gasteiger partial charge on any atom is -0.335 e. The zero-order valence-electron chi connectivity index (χ0n) is 11.5. The van der Waals surface area contributed by atoms with Gasteiger partial charge in [-0.1, -0.05) is 24.3 Å². The fourth-order valence-electron chi connectivity index (χ4n) is 1.80. The summed E-state index contributed by atoms with van der Waals surface area (Å²) in [5.74, 6) is 0. The maximum atomic E-state index is 11.7. The topological polar surface area (TPSA) is 50.2 Å². The van der Waals surface area contributed by atoms with E-state index in [1.165, 1.54) is 0 Å². The number of benzene rings is 1. The van der Waals surface area contributed by atoms with E-state index in [2.05, 4.69) is 17.0 Å². The van der Waals surface area contributed by atoms with Crippen LogP contribution in [0.1, 0.15) is 5.56 Å². The lowest BCUT2D eigenvalue weighted by atomic mass is 10.3. The second-order valence-corrected chi connectivity index (χ2v) is 4.46. The van der Waals surface area contributed by atoms with Gasteiger partial charge in [-0.05, 0) is 12.1 Å². The Hall–Kier alpha value is -2.56. The van der Waals surface area contributed by atoms with Gasteiger partial charge in [-0.15, -0.1) is 6.58 Å². The van der Waals surface area contributed by atoms with Crippen LogP contribution in [0.2, 0.25) is 0 Å². The number of carbonyl (C=O) groups excluding carboxylic acids is 1. The van der Waals surface area contributed by atoms with Crippen molar-refractivity contribution in [1.82, 2.24) is 20.0 Å². The van der Waals surface area contributed by atoms with Crippen molar-refractivity contribution < 1.29 is 4.79 Å². The Labute approximate surface area is 118 Å². The highest BCUT2D eigenvalue weighted by Crippen LogP contribution is 2.09. The molecule has 0 aliphatic rings. The Bertz CT molecular complexity index is 577. The molecule has 1 N–H and O–H groups in total. The van der Waals surface area contributed by atoms with E-state index in [0.717, 1.165) is 11.3 Å². The first-order valence-corrected chi connectivity index (χ1v) is 6.39. The van der Waals surface area contributed by atoms with Crippen LogP contribution in [0, 0.1) is 0 Å². The first-order valence-electron chi connectivity index (χ1n) is 6.39. The summed E-state index contributed by atoms with van der Waals surface area (Å²) >= 11 is 0. The number of para-hydroxylation sites is 1. The van der Waals surface area contributed by atoms with E-state index in [9.17, 15) is 4.79 Å². The predicted octanol–water partition coefficient (Wildman–Crippen LogP) is 2.20. The molecule has 0 unspecified atom stereocenters. The maximum absolute atomic E-state index is 11.7. The third-order valence-corrected chi connectivity index (χ3v) is 2.82. The highest BCUT2D eigenvalue weighted by molar-refractivity contribution is 5.73. The van der Waals surface area contributed by atoms with Crippen molar-refractivity contribution >= 4 is 6.03 Å². The van der Waals surface area contributed by atoms with E-state index in [4.69, 9.17) is 0 Å². The van der Waals surface area contributed by atoms with Crippen LogP contribution in [0.3, 0.4) is 0 Å². The second kappa shape index (κ2) is 6.56. The van der Waals surface area contributed by atoms with Crippen molar-refractivity contribution in [3.05, 3.63) is 60.9 Å². The van der Waals surface area contributed by atoms with Gasteiger partial charge in [0.25, 0.3) is 0 Å². The molecule has 0 saturated carbocycles. The number of rotatable bonds is 5. The summed E-state index contributed by atoms with van der Waals surface area (Å²) in [5.41, 5.74) is 1.97. The van der Waals surface area contributed by atoms with E-state index < -0.39 is 0 Å². The van der Waals surface area contributed by atoms with Gasteiger partial charge in [0, 0.05) is 25.4 Å². The Morgan fingerprint density at radius 3 is 2.90 bits per heavy atom. The van der Waals surface area contributed by atoms with Crippen LogP contribution in [0.4, 0.5) is 4.79 Å². The monoisotopic (exact) mass is 270 g/mol. The van der Waals surface area contributed by atoms with Crippen molar-refractivity contribution in [3.8, 4) is 5.69 Å². The minimum absolute atomic E-state index is 0.127. The molecule has 0 saturated heterocycles. The molecule has 5 nitrogen and oxygen atoms in total. The summed E-state index contributed by atoms with van der Waals surface area (Å²) in [6.45, 7) is 4.54. The number of nitrogens with one attached hydrogen (secondary N) is 1. The average molecular weight is 270 g/mol. The number of carbonyl (C=O) groups is 1.